The van der Waals surface area contributed by atoms with E-state index in [1.54, 1.807) is 36.4 Å². The lowest BCUT2D eigenvalue weighted by molar-refractivity contribution is -0.119. The van der Waals surface area contributed by atoms with Crippen LogP contribution in [0.3, 0.4) is 0 Å². The number of hydrogen-bond acceptors (Lipinski definition) is 3. The van der Waals surface area contributed by atoms with Gasteiger partial charge in [-0.15, -0.1) is 0 Å². The number of halogens is 1. The highest BCUT2D eigenvalue weighted by atomic mass is 19.1. The first kappa shape index (κ1) is 15.4. The molecule has 22 heavy (non-hydrogen) atoms. The Hall–Kier alpha value is -2.95. The number of amides is 1. The molecular formula is C17H14FNO3. The normalized spacial score (nSPS) is 10.6. The molecule has 2 aromatic carbocycles. The lowest BCUT2D eigenvalue weighted by Crippen LogP contribution is -2.20. The summed E-state index contributed by atoms with van der Waals surface area (Å²) in [5.74, 6) is -1.04. The second kappa shape index (κ2) is 7.17. The molecule has 1 amide bonds. The van der Waals surface area contributed by atoms with Crippen molar-refractivity contribution < 1.29 is 18.7 Å². The summed E-state index contributed by atoms with van der Waals surface area (Å²) in [4.78, 5) is 23.0. The van der Waals surface area contributed by atoms with Crippen LogP contribution in [0.4, 0.5) is 4.39 Å². The summed E-state index contributed by atoms with van der Waals surface area (Å²) in [5, 5.41) is 0. The number of para-hydroxylation sites is 1. The third kappa shape index (κ3) is 4.28. The number of nitrogens with two attached hydrogens (primary N) is 1. The quantitative estimate of drug-likeness (QED) is 0.658. The van der Waals surface area contributed by atoms with Crippen LogP contribution >= 0.6 is 0 Å². The fourth-order valence-corrected chi connectivity index (χ4v) is 1.82. The maximum Gasteiger partial charge on any atom is 0.255 e. The van der Waals surface area contributed by atoms with Gasteiger partial charge in [-0.05, 0) is 35.9 Å². The molecule has 0 heterocycles. The lowest BCUT2D eigenvalue weighted by Gasteiger charge is -2.07. The Kier molecular flexibility index (Phi) is 5.03. The van der Waals surface area contributed by atoms with Crippen LogP contribution in [0.2, 0.25) is 0 Å². The molecule has 0 aliphatic rings. The van der Waals surface area contributed by atoms with E-state index < -0.39 is 5.91 Å². The average molecular weight is 299 g/mol. The molecular weight excluding hydrogens is 285 g/mol. The summed E-state index contributed by atoms with van der Waals surface area (Å²) < 4.78 is 18.3. The van der Waals surface area contributed by atoms with Crippen LogP contribution in [-0.2, 0) is 4.79 Å². The Labute approximate surface area is 127 Å². The van der Waals surface area contributed by atoms with E-state index >= 15 is 0 Å². The Morgan fingerprint density at radius 2 is 1.91 bits per heavy atom. The van der Waals surface area contributed by atoms with Gasteiger partial charge in [0.1, 0.15) is 11.6 Å². The third-order valence-corrected chi connectivity index (χ3v) is 2.80. The van der Waals surface area contributed by atoms with Gasteiger partial charge in [0.05, 0.1) is 5.56 Å². The van der Waals surface area contributed by atoms with Crippen molar-refractivity contribution in [3.8, 4) is 5.75 Å². The molecule has 0 atom stereocenters. The van der Waals surface area contributed by atoms with E-state index in [-0.39, 0.29) is 24.0 Å². The van der Waals surface area contributed by atoms with Gasteiger partial charge in [0.2, 0.25) is 0 Å². The Balaban J connectivity index is 2.17. The predicted octanol–water partition coefficient (Wildman–Crippen LogP) is 2.59. The first-order valence-electron chi connectivity index (χ1n) is 6.54. The number of rotatable bonds is 6. The van der Waals surface area contributed by atoms with Crippen LogP contribution in [-0.4, -0.2) is 18.3 Å². The SMILES string of the molecule is NC(=O)COc1ccccc1C(=O)/C=C/c1cccc(F)c1. The fourth-order valence-electron chi connectivity index (χ4n) is 1.82. The van der Waals surface area contributed by atoms with Crippen molar-refractivity contribution in [1.29, 1.82) is 0 Å². The summed E-state index contributed by atoms with van der Waals surface area (Å²) >= 11 is 0. The summed E-state index contributed by atoms with van der Waals surface area (Å²) in [5.41, 5.74) is 5.89. The molecule has 0 spiro atoms. The van der Waals surface area contributed by atoms with E-state index in [9.17, 15) is 14.0 Å². The molecule has 0 aromatic heterocycles. The molecule has 0 aliphatic carbocycles. The van der Waals surface area contributed by atoms with E-state index in [0.29, 0.717) is 11.1 Å². The molecule has 0 bridgehead atoms. The summed E-state index contributed by atoms with van der Waals surface area (Å²) in [6, 6.07) is 12.4. The van der Waals surface area contributed by atoms with E-state index in [1.807, 2.05) is 0 Å². The standard InChI is InChI=1S/C17H14FNO3/c18-13-5-3-4-12(10-13)8-9-15(20)14-6-1-2-7-16(14)22-11-17(19)21/h1-10H,11H2,(H2,19,21)/b9-8+. The first-order chi connectivity index (χ1) is 10.6. The van der Waals surface area contributed by atoms with Gasteiger partial charge in [-0.25, -0.2) is 4.39 Å². The van der Waals surface area contributed by atoms with Crippen LogP contribution in [0, 0.1) is 5.82 Å². The van der Waals surface area contributed by atoms with Crippen LogP contribution < -0.4 is 10.5 Å². The topological polar surface area (TPSA) is 69.4 Å². The van der Waals surface area contributed by atoms with Crippen molar-refractivity contribution in [3.63, 3.8) is 0 Å². The second-order valence-electron chi connectivity index (χ2n) is 4.50. The summed E-state index contributed by atoms with van der Waals surface area (Å²) in [6.45, 7) is -0.308. The molecule has 112 valence electrons. The molecule has 0 radical (unpaired) electrons. The largest absolute Gasteiger partial charge is 0.483 e. The van der Waals surface area contributed by atoms with E-state index in [4.69, 9.17) is 10.5 Å². The van der Waals surface area contributed by atoms with Gasteiger partial charge in [0, 0.05) is 0 Å². The average Bonchev–Trinajstić information content (AvgIpc) is 2.51. The van der Waals surface area contributed by atoms with Crippen molar-refractivity contribution >= 4 is 17.8 Å². The van der Waals surface area contributed by atoms with Crippen LogP contribution in [0.15, 0.2) is 54.6 Å². The smallest absolute Gasteiger partial charge is 0.255 e. The highest BCUT2D eigenvalue weighted by Gasteiger charge is 2.10. The molecule has 0 saturated heterocycles. The highest BCUT2D eigenvalue weighted by molar-refractivity contribution is 6.08. The van der Waals surface area contributed by atoms with Gasteiger partial charge in [-0.2, -0.15) is 0 Å². The van der Waals surface area contributed by atoms with Gasteiger partial charge < -0.3 is 10.5 Å². The highest BCUT2D eigenvalue weighted by Crippen LogP contribution is 2.19. The van der Waals surface area contributed by atoms with Crippen LogP contribution in [0.1, 0.15) is 15.9 Å². The molecule has 0 fully saturated rings. The third-order valence-electron chi connectivity index (χ3n) is 2.80. The van der Waals surface area contributed by atoms with Gasteiger partial charge >= 0.3 is 0 Å². The van der Waals surface area contributed by atoms with E-state index in [1.165, 1.54) is 24.3 Å². The van der Waals surface area contributed by atoms with Crippen molar-refractivity contribution in [1.82, 2.24) is 0 Å². The lowest BCUT2D eigenvalue weighted by atomic mass is 10.1. The molecule has 0 unspecified atom stereocenters. The number of primary amides is 1. The van der Waals surface area contributed by atoms with Crippen molar-refractivity contribution in [2.75, 3.05) is 6.61 Å². The van der Waals surface area contributed by atoms with Crippen LogP contribution in [0.5, 0.6) is 5.75 Å². The minimum Gasteiger partial charge on any atom is -0.483 e. The number of ether oxygens (including phenoxy) is 1. The zero-order valence-electron chi connectivity index (χ0n) is 11.7. The first-order valence-corrected chi connectivity index (χ1v) is 6.54. The minimum absolute atomic E-state index is 0.273. The molecule has 4 nitrogen and oxygen atoms in total. The monoisotopic (exact) mass is 299 g/mol. The van der Waals surface area contributed by atoms with E-state index in [2.05, 4.69) is 0 Å². The summed E-state index contributed by atoms with van der Waals surface area (Å²) in [7, 11) is 0. The molecule has 0 saturated carbocycles. The predicted molar refractivity (Wildman–Crippen MR) is 80.9 cm³/mol. The fraction of sp³-hybridized carbons (Fsp3) is 0.0588. The number of carbonyl (C=O) groups excluding carboxylic acids is 2. The zero-order chi connectivity index (χ0) is 15.9. The molecule has 2 N–H and O–H groups in total. The van der Waals surface area contributed by atoms with Crippen molar-refractivity contribution in [2.24, 2.45) is 5.73 Å². The number of ketones is 1. The van der Waals surface area contributed by atoms with Gasteiger partial charge in [0.15, 0.2) is 12.4 Å². The summed E-state index contributed by atoms with van der Waals surface area (Å²) in [6.07, 6.45) is 2.83. The Morgan fingerprint density at radius 3 is 2.64 bits per heavy atom. The number of hydrogen-bond donors (Lipinski definition) is 1. The zero-order valence-corrected chi connectivity index (χ0v) is 11.7. The molecule has 2 rings (SSSR count). The second-order valence-corrected chi connectivity index (χ2v) is 4.50. The maximum atomic E-state index is 13.1. The van der Waals surface area contributed by atoms with Gasteiger partial charge in [-0.3, -0.25) is 9.59 Å². The molecule has 2 aromatic rings. The van der Waals surface area contributed by atoms with Gasteiger partial charge in [-0.1, -0.05) is 30.3 Å². The maximum absolute atomic E-state index is 13.1. The molecule has 0 aliphatic heterocycles. The molecule has 5 heteroatoms. The number of benzene rings is 2. The Morgan fingerprint density at radius 1 is 1.14 bits per heavy atom. The van der Waals surface area contributed by atoms with Crippen molar-refractivity contribution in [3.05, 3.63) is 71.6 Å². The van der Waals surface area contributed by atoms with E-state index in [0.717, 1.165) is 0 Å². The number of allylic oxidation sites excluding steroid dienone is 1. The number of carbonyl (C=O) groups is 2. The van der Waals surface area contributed by atoms with Crippen molar-refractivity contribution in [2.45, 2.75) is 0 Å². The van der Waals surface area contributed by atoms with Gasteiger partial charge in [0.25, 0.3) is 5.91 Å². The minimum atomic E-state index is -0.627. The van der Waals surface area contributed by atoms with Crippen LogP contribution in [0.25, 0.3) is 6.08 Å². The Bertz CT molecular complexity index is 725.